The fourth-order valence-electron chi connectivity index (χ4n) is 2.73. The van der Waals surface area contributed by atoms with Crippen molar-refractivity contribution < 1.29 is 4.74 Å². The molecule has 3 aromatic rings. The largest absolute Gasteiger partial charge is 0.381 e. The van der Waals surface area contributed by atoms with E-state index in [0.717, 1.165) is 54.2 Å². The summed E-state index contributed by atoms with van der Waals surface area (Å²) >= 11 is 0. The van der Waals surface area contributed by atoms with Gasteiger partial charge >= 0.3 is 0 Å². The first kappa shape index (κ1) is 13.1. The molecule has 1 saturated heterocycles. The van der Waals surface area contributed by atoms with Crippen LogP contribution in [0.4, 0.5) is 5.82 Å². The molecule has 4 rings (SSSR count). The Kier molecular flexibility index (Phi) is 3.40. The summed E-state index contributed by atoms with van der Waals surface area (Å²) in [4.78, 5) is 12.8. The quantitative estimate of drug-likeness (QED) is 0.768. The van der Waals surface area contributed by atoms with Crippen LogP contribution in [0, 0.1) is 0 Å². The van der Waals surface area contributed by atoms with Crippen molar-refractivity contribution in [3.8, 4) is 11.4 Å². The molecule has 0 saturated carbocycles. The zero-order chi connectivity index (χ0) is 14.8. The average Bonchev–Trinajstić information content (AvgIpc) is 3.02. The van der Waals surface area contributed by atoms with Gasteiger partial charge in [-0.2, -0.15) is 5.10 Å². The van der Waals surface area contributed by atoms with Gasteiger partial charge < -0.3 is 10.1 Å². The highest BCUT2D eigenvalue weighted by Crippen LogP contribution is 2.30. The molecule has 0 radical (unpaired) electrons. The number of fused-ring (bicyclic) bond motifs is 1. The van der Waals surface area contributed by atoms with Gasteiger partial charge in [-0.15, -0.1) is 0 Å². The van der Waals surface area contributed by atoms with Crippen LogP contribution in [-0.2, 0) is 4.74 Å². The summed E-state index contributed by atoms with van der Waals surface area (Å²) in [7, 11) is 0. The molecular weight excluding hydrogens is 280 g/mol. The minimum absolute atomic E-state index is 0.375. The van der Waals surface area contributed by atoms with E-state index in [1.165, 1.54) is 6.33 Å². The first-order valence-corrected chi connectivity index (χ1v) is 7.35. The lowest BCUT2D eigenvalue weighted by atomic mass is 10.1. The molecule has 22 heavy (non-hydrogen) atoms. The van der Waals surface area contributed by atoms with Gasteiger partial charge in [-0.3, -0.25) is 5.10 Å². The number of pyridine rings is 1. The third-order valence-electron chi connectivity index (χ3n) is 3.86. The van der Waals surface area contributed by atoms with Crippen LogP contribution in [0.5, 0.6) is 0 Å². The Hall–Kier alpha value is -2.54. The number of aromatic amines is 1. The predicted molar refractivity (Wildman–Crippen MR) is 82.4 cm³/mol. The van der Waals surface area contributed by atoms with Gasteiger partial charge in [0.15, 0.2) is 0 Å². The van der Waals surface area contributed by atoms with Crippen LogP contribution < -0.4 is 5.32 Å². The second-order valence-electron chi connectivity index (χ2n) is 5.28. The zero-order valence-corrected chi connectivity index (χ0v) is 12.0. The third kappa shape index (κ3) is 2.39. The number of ether oxygens (including phenoxy) is 1. The van der Waals surface area contributed by atoms with Gasteiger partial charge in [0.1, 0.15) is 17.8 Å². The number of rotatable bonds is 3. The Balaban J connectivity index is 1.76. The Labute approximate surface area is 127 Å². The summed E-state index contributed by atoms with van der Waals surface area (Å²) in [6.45, 7) is 1.58. The standard InChI is InChI=1S/C15H16N6O/c1-5-16-9-18-12(1)14-13-11(20-21-14)2-6-17-15(13)19-10-3-7-22-8-4-10/h1-2,5-6,9-10H,3-4,7-8H2,(H,17,19)(H,20,21). The van der Waals surface area contributed by atoms with Crippen LogP contribution in [0.15, 0.2) is 30.9 Å². The van der Waals surface area contributed by atoms with E-state index in [9.17, 15) is 0 Å². The molecule has 3 aromatic heterocycles. The summed E-state index contributed by atoms with van der Waals surface area (Å²) in [5, 5.41) is 11.9. The minimum atomic E-state index is 0.375. The van der Waals surface area contributed by atoms with Crippen molar-refractivity contribution in [2.24, 2.45) is 0 Å². The van der Waals surface area contributed by atoms with Gasteiger partial charge in [0.25, 0.3) is 0 Å². The molecule has 0 spiro atoms. The topological polar surface area (TPSA) is 88.6 Å². The van der Waals surface area contributed by atoms with Crippen molar-refractivity contribution in [1.29, 1.82) is 0 Å². The summed E-state index contributed by atoms with van der Waals surface area (Å²) < 4.78 is 5.41. The van der Waals surface area contributed by atoms with Gasteiger partial charge in [-0.05, 0) is 25.0 Å². The van der Waals surface area contributed by atoms with E-state index in [1.807, 2.05) is 12.1 Å². The molecule has 112 valence electrons. The summed E-state index contributed by atoms with van der Waals surface area (Å²) in [6.07, 6.45) is 6.99. The Bertz CT molecular complexity index is 766. The zero-order valence-electron chi connectivity index (χ0n) is 12.0. The van der Waals surface area contributed by atoms with E-state index in [2.05, 4.69) is 30.5 Å². The highest BCUT2D eigenvalue weighted by molar-refractivity contribution is 5.99. The van der Waals surface area contributed by atoms with Crippen molar-refractivity contribution in [3.63, 3.8) is 0 Å². The number of nitrogens with one attached hydrogen (secondary N) is 2. The van der Waals surface area contributed by atoms with Crippen LogP contribution >= 0.6 is 0 Å². The molecule has 1 aliphatic rings. The second-order valence-corrected chi connectivity index (χ2v) is 5.28. The van der Waals surface area contributed by atoms with Gasteiger partial charge in [0.05, 0.1) is 16.6 Å². The first-order chi connectivity index (χ1) is 10.9. The maximum absolute atomic E-state index is 5.41. The lowest BCUT2D eigenvalue weighted by Gasteiger charge is -2.23. The molecule has 1 aliphatic heterocycles. The van der Waals surface area contributed by atoms with Crippen molar-refractivity contribution in [3.05, 3.63) is 30.9 Å². The van der Waals surface area contributed by atoms with E-state index < -0.39 is 0 Å². The van der Waals surface area contributed by atoms with Crippen LogP contribution in [0.2, 0.25) is 0 Å². The molecular formula is C15H16N6O. The van der Waals surface area contributed by atoms with Gasteiger partial charge in [0, 0.05) is 31.6 Å². The first-order valence-electron chi connectivity index (χ1n) is 7.35. The lowest BCUT2D eigenvalue weighted by Crippen LogP contribution is -2.28. The number of hydrogen-bond acceptors (Lipinski definition) is 6. The van der Waals surface area contributed by atoms with Crippen molar-refractivity contribution in [2.45, 2.75) is 18.9 Å². The second kappa shape index (κ2) is 5.69. The molecule has 0 aromatic carbocycles. The molecule has 1 fully saturated rings. The Morgan fingerprint density at radius 1 is 1.14 bits per heavy atom. The Morgan fingerprint density at radius 2 is 2.05 bits per heavy atom. The number of nitrogens with zero attached hydrogens (tertiary/aromatic N) is 4. The number of H-pyrrole nitrogens is 1. The van der Waals surface area contributed by atoms with Crippen LogP contribution in [0.25, 0.3) is 22.3 Å². The fraction of sp³-hybridized carbons (Fsp3) is 0.333. The van der Waals surface area contributed by atoms with Crippen LogP contribution in [0.1, 0.15) is 12.8 Å². The summed E-state index contributed by atoms with van der Waals surface area (Å²) in [5.41, 5.74) is 2.52. The fourth-order valence-corrected chi connectivity index (χ4v) is 2.73. The number of aromatic nitrogens is 5. The molecule has 7 heteroatoms. The van der Waals surface area contributed by atoms with E-state index in [4.69, 9.17) is 4.74 Å². The normalized spacial score (nSPS) is 16.0. The van der Waals surface area contributed by atoms with E-state index in [-0.39, 0.29) is 0 Å². The highest BCUT2D eigenvalue weighted by Gasteiger charge is 2.18. The monoisotopic (exact) mass is 296 g/mol. The molecule has 0 unspecified atom stereocenters. The maximum atomic E-state index is 5.41. The molecule has 7 nitrogen and oxygen atoms in total. The van der Waals surface area contributed by atoms with Gasteiger partial charge in [-0.25, -0.2) is 15.0 Å². The van der Waals surface area contributed by atoms with Crippen LogP contribution in [-0.4, -0.2) is 44.4 Å². The Morgan fingerprint density at radius 3 is 2.86 bits per heavy atom. The average molecular weight is 296 g/mol. The summed E-state index contributed by atoms with van der Waals surface area (Å²) in [5.74, 6) is 0.840. The molecule has 4 heterocycles. The van der Waals surface area contributed by atoms with E-state index in [0.29, 0.717) is 6.04 Å². The predicted octanol–water partition coefficient (Wildman–Crippen LogP) is 2.01. The molecule has 0 amide bonds. The van der Waals surface area contributed by atoms with Crippen molar-refractivity contribution in [2.75, 3.05) is 18.5 Å². The SMILES string of the molecule is c1cc(-c2n[nH]c3ccnc(NC4CCOCC4)c23)ncn1. The molecule has 0 aliphatic carbocycles. The van der Waals surface area contributed by atoms with Gasteiger partial charge in [-0.1, -0.05) is 0 Å². The van der Waals surface area contributed by atoms with Crippen molar-refractivity contribution >= 4 is 16.7 Å². The van der Waals surface area contributed by atoms with Crippen LogP contribution in [0.3, 0.4) is 0 Å². The highest BCUT2D eigenvalue weighted by atomic mass is 16.5. The molecule has 0 atom stereocenters. The number of anilines is 1. The third-order valence-corrected chi connectivity index (χ3v) is 3.86. The maximum Gasteiger partial charge on any atom is 0.137 e. The summed E-state index contributed by atoms with van der Waals surface area (Å²) in [6, 6.07) is 4.14. The van der Waals surface area contributed by atoms with Gasteiger partial charge in [0.2, 0.25) is 0 Å². The van der Waals surface area contributed by atoms with Crippen molar-refractivity contribution in [1.82, 2.24) is 25.1 Å². The minimum Gasteiger partial charge on any atom is -0.381 e. The molecule has 0 bridgehead atoms. The lowest BCUT2D eigenvalue weighted by molar-refractivity contribution is 0.0904. The smallest absolute Gasteiger partial charge is 0.137 e. The molecule has 2 N–H and O–H groups in total. The number of hydrogen-bond donors (Lipinski definition) is 2. The van der Waals surface area contributed by atoms with E-state index in [1.54, 1.807) is 12.4 Å². The van der Waals surface area contributed by atoms with E-state index >= 15 is 0 Å².